The van der Waals surface area contributed by atoms with Crippen molar-refractivity contribution in [3.63, 3.8) is 0 Å². The molecule has 0 fully saturated rings. The van der Waals surface area contributed by atoms with Gasteiger partial charge in [0.15, 0.2) is 5.78 Å². The van der Waals surface area contributed by atoms with Crippen LogP contribution in [0.15, 0.2) is 72.8 Å². The topological polar surface area (TPSA) is 43.4 Å². The third-order valence-electron chi connectivity index (χ3n) is 3.51. The molecule has 3 aromatic carbocycles. The zero-order valence-electron chi connectivity index (χ0n) is 12.9. The number of carbonyl (C=O) groups excluding carboxylic acids is 2. The molecular formula is C20H12ClFO3. The fourth-order valence-corrected chi connectivity index (χ4v) is 2.32. The maximum atomic E-state index is 12.9. The van der Waals surface area contributed by atoms with Crippen LogP contribution >= 0.6 is 11.6 Å². The fourth-order valence-electron chi connectivity index (χ4n) is 2.19. The summed E-state index contributed by atoms with van der Waals surface area (Å²) in [5.41, 5.74) is 1.17. The Kier molecular flexibility index (Phi) is 4.91. The maximum absolute atomic E-state index is 12.9. The standard InChI is InChI=1S/C20H12ClFO3/c21-16-7-1-15(2-8-16)20(24)25-18-11-5-14(6-12-18)19(23)13-3-9-17(22)10-4-13/h1-12H. The van der Waals surface area contributed by atoms with Crippen LogP contribution in [0.2, 0.25) is 5.02 Å². The van der Waals surface area contributed by atoms with Crippen molar-refractivity contribution in [3.8, 4) is 5.75 Å². The number of rotatable bonds is 4. The van der Waals surface area contributed by atoms with Crippen molar-refractivity contribution in [1.29, 1.82) is 0 Å². The normalized spacial score (nSPS) is 10.3. The number of ether oxygens (including phenoxy) is 1. The molecule has 0 spiro atoms. The third kappa shape index (κ3) is 4.11. The van der Waals surface area contributed by atoms with Gasteiger partial charge in [-0.15, -0.1) is 0 Å². The SMILES string of the molecule is O=C(Oc1ccc(C(=O)c2ccc(F)cc2)cc1)c1ccc(Cl)cc1. The lowest BCUT2D eigenvalue weighted by molar-refractivity contribution is 0.0734. The lowest BCUT2D eigenvalue weighted by Gasteiger charge is -2.06. The first-order chi connectivity index (χ1) is 12.0. The minimum Gasteiger partial charge on any atom is -0.423 e. The van der Waals surface area contributed by atoms with Crippen molar-refractivity contribution >= 4 is 23.4 Å². The van der Waals surface area contributed by atoms with E-state index in [9.17, 15) is 14.0 Å². The van der Waals surface area contributed by atoms with Gasteiger partial charge >= 0.3 is 5.97 Å². The summed E-state index contributed by atoms with van der Waals surface area (Å²) in [5.74, 6) is -0.846. The molecule has 0 atom stereocenters. The molecule has 0 aliphatic rings. The molecule has 124 valence electrons. The summed E-state index contributed by atoms with van der Waals surface area (Å²) >= 11 is 5.78. The molecule has 0 heterocycles. The summed E-state index contributed by atoms with van der Waals surface area (Å²) < 4.78 is 18.2. The minimum absolute atomic E-state index is 0.240. The van der Waals surface area contributed by atoms with Gasteiger partial charge in [-0.1, -0.05) is 11.6 Å². The highest BCUT2D eigenvalue weighted by molar-refractivity contribution is 6.30. The number of carbonyl (C=O) groups is 2. The second kappa shape index (κ2) is 7.28. The first kappa shape index (κ1) is 16.9. The smallest absolute Gasteiger partial charge is 0.343 e. The number of esters is 1. The van der Waals surface area contributed by atoms with E-state index in [1.807, 2.05) is 0 Å². The van der Waals surface area contributed by atoms with E-state index in [4.69, 9.17) is 16.3 Å². The number of hydrogen-bond donors (Lipinski definition) is 0. The Bertz CT molecular complexity index is 901. The van der Waals surface area contributed by atoms with E-state index in [0.717, 1.165) is 0 Å². The molecule has 3 rings (SSSR count). The zero-order valence-corrected chi connectivity index (χ0v) is 13.7. The molecule has 0 radical (unpaired) electrons. The van der Waals surface area contributed by atoms with E-state index < -0.39 is 11.8 Å². The Hall–Kier alpha value is -2.98. The van der Waals surface area contributed by atoms with Crippen LogP contribution in [-0.4, -0.2) is 11.8 Å². The highest BCUT2D eigenvalue weighted by atomic mass is 35.5. The second-order valence-electron chi connectivity index (χ2n) is 5.26. The van der Waals surface area contributed by atoms with Gasteiger partial charge in [0.25, 0.3) is 0 Å². The van der Waals surface area contributed by atoms with E-state index in [1.165, 1.54) is 36.4 Å². The van der Waals surface area contributed by atoms with E-state index in [0.29, 0.717) is 27.5 Å². The summed E-state index contributed by atoms with van der Waals surface area (Å²) in [5, 5.41) is 0.528. The number of ketones is 1. The van der Waals surface area contributed by atoms with Gasteiger partial charge < -0.3 is 4.74 Å². The lowest BCUT2D eigenvalue weighted by Crippen LogP contribution is -2.08. The van der Waals surface area contributed by atoms with Crippen LogP contribution in [0, 0.1) is 5.82 Å². The van der Waals surface area contributed by atoms with E-state index in [1.54, 1.807) is 36.4 Å². The molecule has 5 heteroatoms. The van der Waals surface area contributed by atoms with E-state index in [2.05, 4.69) is 0 Å². The zero-order chi connectivity index (χ0) is 17.8. The first-order valence-corrected chi connectivity index (χ1v) is 7.79. The van der Waals surface area contributed by atoms with Gasteiger partial charge in [0.1, 0.15) is 11.6 Å². The molecule has 0 N–H and O–H groups in total. The fraction of sp³-hybridized carbons (Fsp3) is 0. The van der Waals surface area contributed by atoms with Crippen molar-refractivity contribution in [1.82, 2.24) is 0 Å². The van der Waals surface area contributed by atoms with Crippen LogP contribution in [0.25, 0.3) is 0 Å². The van der Waals surface area contributed by atoms with Crippen LogP contribution in [0.3, 0.4) is 0 Å². The molecule has 0 aliphatic carbocycles. The molecule has 0 unspecified atom stereocenters. The van der Waals surface area contributed by atoms with Crippen molar-refractivity contribution in [2.75, 3.05) is 0 Å². The first-order valence-electron chi connectivity index (χ1n) is 7.41. The van der Waals surface area contributed by atoms with Crippen LogP contribution in [0.1, 0.15) is 26.3 Å². The molecule has 3 nitrogen and oxygen atoms in total. The van der Waals surface area contributed by atoms with Crippen molar-refractivity contribution < 1.29 is 18.7 Å². The monoisotopic (exact) mass is 354 g/mol. The highest BCUT2D eigenvalue weighted by Gasteiger charge is 2.11. The Labute approximate surface area is 148 Å². The van der Waals surface area contributed by atoms with Gasteiger partial charge in [0, 0.05) is 16.1 Å². The summed E-state index contributed by atoms with van der Waals surface area (Å²) in [6.45, 7) is 0. The largest absolute Gasteiger partial charge is 0.423 e. The molecule has 0 amide bonds. The Morgan fingerprint density at radius 2 is 1.20 bits per heavy atom. The quantitative estimate of drug-likeness (QED) is 0.379. The molecule has 0 saturated carbocycles. The Morgan fingerprint density at radius 1 is 0.720 bits per heavy atom. The minimum atomic E-state index is -0.519. The average Bonchev–Trinajstić information content (AvgIpc) is 2.63. The molecule has 0 aromatic heterocycles. The molecule has 3 aromatic rings. The number of halogens is 2. The Morgan fingerprint density at radius 3 is 1.76 bits per heavy atom. The van der Waals surface area contributed by atoms with Crippen LogP contribution in [0.4, 0.5) is 4.39 Å². The summed E-state index contributed by atoms with van der Waals surface area (Å²) in [4.78, 5) is 24.3. The van der Waals surface area contributed by atoms with Crippen molar-refractivity contribution in [3.05, 3.63) is 100 Å². The average molecular weight is 355 g/mol. The maximum Gasteiger partial charge on any atom is 0.343 e. The molecular weight excluding hydrogens is 343 g/mol. The molecule has 0 saturated heterocycles. The molecule has 0 bridgehead atoms. The van der Waals surface area contributed by atoms with Crippen LogP contribution in [-0.2, 0) is 0 Å². The second-order valence-corrected chi connectivity index (χ2v) is 5.69. The van der Waals surface area contributed by atoms with Gasteiger partial charge in [0.05, 0.1) is 5.56 Å². The molecule has 0 aliphatic heterocycles. The van der Waals surface area contributed by atoms with E-state index in [-0.39, 0.29) is 5.78 Å². The van der Waals surface area contributed by atoms with Gasteiger partial charge in [-0.3, -0.25) is 4.79 Å². The third-order valence-corrected chi connectivity index (χ3v) is 3.77. The Balaban J connectivity index is 1.71. The summed E-state index contributed by atoms with van der Waals surface area (Å²) in [6, 6.07) is 17.8. The van der Waals surface area contributed by atoms with Crippen LogP contribution in [0.5, 0.6) is 5.75 Å². The number of hydrogen-bond acceptors (Lipinski definition) is 3. The predicted molar refractivity (Wildman–Crippen MR) is 92.7 cm³/mol. The molecule has 25 heavy (non-hydrogen) atoms. The summed E-state index contributed by atoms with van der Waals surface area (Å²) in [6.07, 6.45) is 0. The lowest BCUT2D eigenvalue weighted by atomic mass is 10.0. The highest BCUT2D eigenvalue weighted by Crippen LogP contribution is 2.18. The van der Waals surface area contributed by atoms with E-state index >= 15 is 0 Å². The van der Waals surface area contributed by atoms with Gasteiger partial charge in [0.2, 0.25) is 0 Å². The van der Waals surface area contributed by atoms with Gasteiger partial charge in [-0.05, 0) is 72.8 Å². The van der Waals surface area contributed by atoms with Gasteiger partial charge in [-0.25, -0.2) is 9.18 Å². The predicted octanol–water partition coefficient (Wildman–Crippen LogP) is 4.93. The van der Waals surface area contributed by atoms with Gasteiger partial charge in [-0.2, -0.15) is 0 Å². The van der Waals surface area contributed by atoms with Crippen LogP contribution < -0.4 is 4.74 Å². The van der Waals surface area contributed by atoms with Crippen molar-refractivity contribution in [2.45, 2.75) is 0 Å². The van der Waals surface area contributed by atoms with Crippen molar-refractivity contribution in [2.24, 2.45) is 0 Å². The number of benzene rings is 3. The summed E-state index contributed by atoms with van der Waals surface area (Å²) in [7, 11) is 0.